The van der Waals surface area contributed by atoms with E-state index in [0.29, 0.717) is 12.3 Å². The van der Waals surface area contributed by atoms with Crippen LogP contribution in [0.2, 0.25) is 5.02 Å². The first-order chi connectivity index (χ1) is 9.22. The minimum atomic E-state index is 0.145. The maximum absolute atomic E-state index is 11.2. The van der Waals surface area contributed by atoms with Crippen molar-refractivity contribution < 1.29 is 4.79 Å². The van der Waals surface area contributed by atoms with E-state index in [1.54, 1.807) is 0 Å². The van der Waals surface area contributed by atoms with Crippen LogP contribution in [0.25, 0.3) is 11.1 Å². The minimum absolute atomic E-state index is 0.145. The topological polar surface area (TPSA) is 29.1 Å². The van der Waals surface area contributed by atoms with Crippen molar-refractivity contribution in [3.8, 4) is 11.1 Å². The number of amides is 1. The zero-order valence-electron chi connectivity index (χ0n) is 10.4. The molecule has 1 aliphatic rings. The van der Waals surface area contributed by atoms with Crippen LogP contribution in [-0.2, 0) is 4.79 Å². The molecule has 0 bridgehead atoms. The molecule has 2 aromatic rings. The Kier molecular flexibility index (Phi) is 3.26. The summed E-state index contributed by atoms with van der Waals surface area (Å²) in [5, 5.41) is 3.61. The van der Waals surface area contributed by atoms with Crippen LogP contribution in [0.5, 0.6) is 0 Å². The molecule has 1 heterocycles. The van der Waals surface area contributed by atoms with Gasteiger partial charge in [0, 0.05) is 23.9 Å². The fraction of sp³-hybridized carbons (Fsp3) is 0.188. The first-order valence-corrected chi connectivity index (χ1v) is 6.73. The normalized spacial score (nSPS) is 18.4. The molecule has 0 spiro atoms. The summed E-state index contributed by atoms with van der Waals surface area (Å²) in [4.78, 5) is 11.2. The van der Waals surface area contributed by atoms with Crippen molar-refractivity contribution in [2.75, 3.05) is 6.54 Å². The zero-order chi connectivity index (χ0) is 13.2. The summed E-state index contributed by atoms with van der Waals surface area (Å²) in [5.74, 6) is 0.457. The maximum atomic E-state index is 11.2. The third-order valence-electron chi connectivity index (χ3n) is 3.54. The molecule has 0 aromatic heterocycles. The standard InChI is InChI=1S/C16H14ClNO/c17-15-7-5-12(6-8-15)11-1-3-13(4-2-11)14-9-16(19)18-10-14/h1-8,14H,9-10H2,(H,18,19). The molecule has 0 aliphatic carbocycles. The van der Waals surface area contributed by atoms with E-state index in [1.165, 1.54) is 5.56 Å². The van der Waals surface area contributed by atoms with Gasteiger partial charge < -0.3 is 5.32 Å². The van der Waals surface area contributed by atoms with Crippen LogP contribution in [0.15, 0.2) is 48.5 Å². The molecule has 1 aliphatic heterocycles. The van der Waals surface area contributed by atoms with Crippen molar-refractivity contribution in [2.45, 2.75) is 12.3 Å². The molecule has 96 valence electrons. The fourth-order valence-corrected chi connectivity index (χ4v) is 2.56. The summed E-state index contributed by atoms with van der Waals surface area (Å²) in [6.45, 7) is 0.749. The fourth-order valence-electron chi connectivity index (χ4n) is 2.43. The number of carbonyl (C=O) groups is 1. The molecule has 1 saturated heterocycles. The van der Waals surface area contributed by atoms with Crippen molar-refractivity contribution in [3.05, 3.63) is 59.1 Å². The number of benzene rings is 2. The average molecular weight is 272 g/mol. The second-order valence-corrected chi connectivity index (χ2v) is 5.27. The highest BCUT2D eigenvalue weighted by atomic mass is 35.5. The van der Waals surface area contributed by atoms with Crippen molar-refractivity contribution >= 4 is 17.5 Å². The number of halogens is 1. The van der Waals surface area contributed by atoms with Gasteiger partial charge in [-0.05, 0) is 28.8 Å². The van der Waals surface area contributed by atoms with Gasteiger partial charge in [-0.2, -0.15) is 0 Å². The van der Waals surface area contributed by atoms with Crippen molar-refractivity contribution in [3.63, 3.8) is 0 Å². The van der Waals surface area contributed by atoms with Gasteiger partial charge in [0.1, 0.15) is 0 Å². The smallest absolute Gasteiger partial charge is 0.220 e. The quantitative estimate of drug-likeness (QED) is 0.888. The molecule has 0 radical (unpaired) electrons. The second-order valence-electron chi connectivity index (χ2n) is 4.83. The number of nitrogens with one attached hydrogen (secondary N) is 1. The van der Waals surface area contributed by atoms with Crippen molar-refractivity contribution in [2.24, 2.45) is 0 Å². The van der Waals surface area contributed by atoms with Crippen molar-refractivity contribution in [1.82, 2.24) is 5.32 Å². The van der Waals surface area contributed by atoms with Crippen LogP contribution in [0, 0.1) is 0 Å². The molecule has 2 nitrogen and oxygen atoms in total. The summed E-state index contributed by atoms with van der Waals surface area (Å²) in [6.07, 6.45) is 0.598. The summed E-state index contributed by atoms with van der Waals surface area (Å²) in [6, 6.07) is 16.2. The van der Waals surface area contributed by atoms with Crippen LogP contribution in [-0.4, -0.2) is 12.5 Å². The summed E-state index contributed by atoms with van der Waals surface area (Å²) in [7, 11) is 0. The predicted octanol–water partition coefficient (Wildman–Crippen LogP) is 3.61. The third kappa shape index (κ3) is 2.64. The first-order valence-electron chi connectivity index (χ1n) is 6.35. The third-order valence-corrected chi connectivity index (χ3v) is 3.79. The van der Waals surface area contributed by atoms with Crippen LogP contribution in [0.3, 0.4) is 0 Å². The molecule has 1 atom stereocenters. The highest BCUT2D eigenvalue weighted by Crippen LogP contribution is 2.27. The lowest BCUT2D eigenvalue weighted by Crippen LogP contribution is -2.13. The van der Waals surface area contributed by atoms with E-state index in [0.717, 1.165) is 22.7 Å². The van der Waals surface area contributed by atoms with Gasteiger partial charge in [0.25, 0.3) is 0 Å². The lowest BCUT2D eigenvalue weighted by molar-refractivity contribution is -0.119. The van der Waals surface area contributed by atoms with Gasteiger partial charge in [0.15, 0.2) is 0 Å². The summed E-state index contributed by atoms with van der Waals surface area (Å²) in [5.41, 5.74) is 3.53. The van der Waals surface area contributed by atoms with E-state index in [4.69, 9.17) is 11.6 Å². The molecule has 0 saturated carbocycles. The Hall–Kier alpha value is -1.80. The number of hydrogen-bond acceptors (Lipinski definition) is 1. The van der Waals surface area contributed by atoms with Gasteiger partial charge >= 0.3 is 0 Å². The Bertz CT molecular complexity index is 589. The second kappa shape index (κ2) is 5.06. The molecule has 1 fully saturated rings. The van der Waals surface area contributed by atoms with Gasteiger partial charge in [0.05, 0.1) is 0 Å². The van der Waals surface area contributed by atoms with E-state index >= 15 is 0 Å². The van der Waals surface area contributed by atoms with E-state index in [2.05, 4.69) is 29.6 Å². The number of hydrogen-bond donors (Lipinski definition) is 1. The molecular weight excluding hydrogens is 258 g/mol. The summed E-state index contributed by atoms with van der Waals surface area (Å²) < 4.78 is 0. The SMILES string of the molecule is O=C1CC(c2ccc(-c3ccc(Cl)cc3)cc2)CN1. The number of rotatable bonds is 2. The van der Waals surface area contributed by atoms with Gasteiger partial charge in [-0.3, -0.25) is 4.79 Å². The van der Waals surface area contributed by atoms with Crippen LogP contribution in [0.4, 0.5) is 0 Å². The van der Waals surface area contributed by atoms with E-state index in [9.17, 15) is 4.79 Å². The van der Waals surface area contributed by atoms with E-state index in [-0.39, 0.29) is 5.91 Å². The molecule has 3 rings (SSSR count). The van der Waals surface area contributed by atoms with Crippen LogP contribution >= 0.6 is 11.6 Å². The van der Waals surface area contributed by atoms with Crippen molar-refractivity contribution in [1.29, 1.82) is 0 Å². The molecular formula is C16H14ClNO. The highest BCUT2D eigenvalue weighted by molar-refractivity contribution is 6.30. The largest absolute Gasteiger partial charge is 0.355 e. The van der Waals surface area contributed by atoms with Gasteiger partial charge in [0.2, 0.25) is 5.91 Å². The molecule has 19 heavy (non-hydrogen) atoms. The van der Waals surface area contributed by atoms with E-state index < -0.39 is 0 Å². The molecule has 2 aromatic carbocycles. The average Bonchev–Trinajstić information content (AvgIpc) is 2.87. The Morgan fingerprint density at radius 2 is 1.53 bits per heavy atom. The van der Waals surface area contributed by atoms with Gasteiger partial charge in [-0.1, -0.05) is 48.0 Å². The predicted molar refractivity (Wildman–Crippen MR) is 77.3 cm³/mol. The Balaban J connectivity index is 1.82. The minimum Gasteiger partial charge on any atom is -0.355 e. The van der Waals surface area contributed by atoms with Gasteiger partial charge in [-0.25, -0.2) is 0 Å². The lowest BCUT2D eigenvalue weighted by Gasteiger charge is -2.09. The molecule has 3 heteroatoms. The Morgan fingerprint density at radius 1 is 0.947 bits per heavy atom. The Labute approximate surface area is 117 Å². The summed E-state index contributed by atoms with van der Waals surface area (Å²) >= 11 is 5.89. The molecule has 1 N–H and O–H groups in total. The highest BCUT2D eigenvalue weighted by Gasteiger charge is 2.22. The van der Waals surface area contributed by atoms with Crippen LogP contribution < -0.4 is 5.32 Å². The van der Waals surface area contributed by atoms with Crippen LogP contribution in [0.1, 0.15) is 17.9 Å². The zero-order valence-corrected chi connectivity index (χ0v) is 11.2. The molecule has 1 amide bonds. The van der Waals surface area contributed by atoms with E-state index in [1.807, 2.05) is 24.3 Å². The monoisotopic (exact) mass is 271 g/mol. The van der Waals surface area contributed by atoms with Gasteiger partial charge in [-0.15, -0.1) is 0 Å². The Morgan fingerprint density at radius 3 is 2.05 bits per heavy atom. The maximum Gasteiger partial charge on any atom is 0.220 e. The first kappa shape index (κ1) is 12.2. The molecule has 1 unspecified atom stereocenters. The lowest BCUT2D eigenvalue weighted by atomic mass is 9.95. The number of carbonyl (C=O) groups excluding carboxylic acids is 1.